The summed E-state index contributed by atoms with van der Waals surface area (Å²) in [5, 5.41) is 16.1. The van der Waals surface area contributed by atoms with E-state index in [1.807, 2.05) is 22.9 Å². The van der Waals surface area contributed by atoms with Gasteiger partial charge in [0.25, 0.3) is 5.56 Å². The summed E-state index contributed by atoms with van der Waals surface area (Å²) >= 11 is 1.72. The lowest BCUT2D eigenvalue weighted by Crippen LogP contribution is -2.38. The Labute approximate surface area is 227 Å². The summed E-state index contributed by atoms with van der Waals surface area (Å²) < 4.78 is 1.85. The molecule has 0 aliphatic carbocycles. The zero-order chi connectivity index (χ0) is 26.7. The van der Waals surface area contributed by atoms with Gasteiger partial charge in [0.05, 0.1) is 5.54 Å². The average Bonchev–Trinajstić information content (AvgIpc) is 3.60. The lowest BCUT2D eigenvalue weighted by atomic mass is 10.00. The molecule has 7 nitrogen and oxygen atoms in total. The highest BCUT2D eigenvalue weighted by Crippen LogP contribution is 2.31. The van der Waals surface area contributed by atoms with Crippen molar-refractivity contribution >= 4 is 22.2 Å². The van der Waals surface area contributed by atoms with Crippen LogP contribution < -0.4 is 5.56 Å². The first-order valence-corrected chi connectivity index (χ1v) is 14.0. The Bertz CT molecular complexity index is 1550. The second kappa shape index (κ2) is 11.0. The second-order valence-corrected chi connectivity index (χ2v) is 11.7. The van der Waals surface area contributed by atoms with Crippen molar-refractivity contribution in [2.24, 2.45) is 0 Å². The molecule has 0 bridgehead atoms. The van der Waals surface area contributed by atoms with Gasteiger partial charge in [-0.15, -0.1) is 16.4 Å². The Morgan fingerprint density at radius 2 is 1.84 bits per heavy atom. The lowest BCUT2D eigenvalue weighted by Gasteiger charge is -2.32. The number of aromatic nitrogens is 5. The summed E-state index contributed by atoms with van der Waals surface area (Å²) in [4.78, 5) is 20.4. The molecule has 0 aliphatic rings. The molecule has 38 heavy (non-hydrogen) atoms. The molecule has 5 rings (SSSR count). The third kappa shape index (κ3) is 5.61. The van der Waals surface area contributed by atoms with Gasteiger partial charge >= 0.3 is 0 Å². The van der Waals surface area contributed by atoms with E-state index in [2.05, 4.69) is 107 Å². The van der Waals surface area contributed by atoms with E-state index in [1.165, 1.54) is 16.0 Å². The number of rotatable bonds is 9. The van der Waals surface area contributed by atoms with Gasteiger partial charge in [0, 0.05) is 29.0 Å². The van der Waals surface area contributed by atoms with Crippen LogP contribution in [-0.4, -0.2) is 36.6 Å². The number of thiophene rings is 1. The van der Waals surface area contributed by atoms with Crippen LogP contribution in [-0.2, 0) is 24.9 Å². The molecule has 2 aromatic carbocycles. The van der Waals surface area contributed by atoms with Gasteiger partial charge in [-0.2, -0.15) is 0 Å². The van der Waals surface area contributed by atoms with Gasteiger partial charge in [0.1, 0.15) is 6.04 Å². The maximum Gasteiger partial charge on any atom is 0.253 e. The van der Waals surface area contributed by atoms with E-state index < -0.39 is 6.04 Å². The van der Waals surface area contributed by atoms with E-state index in [-0.39, 0.29) is 11.1 Å². The first-order valence-electron chi connectivity index (χ1n) is 13.1. The fraction of sp³-hybridized carbons (Fsp3) is 0.333. The highest BCUT2D eigenvalue weighted by atomic mass is 32.1. The van der Waals surface area contributed by atoms with Crippen molar-refractivity contribution < 1.29 is 0 Å². The van der Waals surface area contributed by atoms with E-state index in [0.29, 0.717) is 17.9 Å². The molecule has 5 aromatic rings. The summed E-state index contributed by atoms with van der Waals surface area (Å²) in [7, 11) is 0. The Balaban J connectivity index is 1.68. The van der Waals surface area contributed by atoms with E-state index in [9.17, 15) is 4.79 Å². The predicted molar refractivity (Wildman–Crippen MR) is 153 cm³/mol. The third-order valence-electron chi connectivity index (χ3n) is 6.85. The smallest absolute Gasteiger partial charge is 0.253 e. The fourth-order valence-electron chi connectivity index (χ4n) is 4.86. The maximum atomic E-state index is 13.7. The van der Waals surface area contributed by atoms with Crippen molar-refractivity contribution in [2.75, 3.05) is 6.54 Å². The van der Waals surface area contributed by atoms with Crippen LogP contribution in [0.15, 0.2) is 76.9 Å². The zero-order valence-electron chi connectivity index (χ0n) is 22.4. The number of nitrogens with zero attached hydrogens (tertiary/aromatic N) is 5. The minimum atomic E-state index is -0.437. The van der Waals surface area contributed by atoms with Gasteiger partial charge in [0.15, 0.2) is 5.82 Å². The number of tetrazole rings is 1. The van der Waals surface area contributed by atoms with Gasteiger partial charge in [-0.05, 0) is 90.2 Å². The molecule has 0 saturated heterocycles. The quantitative estimate of drug-likeness (QED) is 0.265. The number of benzene rings is 2. The predicted octanol–water partition coefficient (Wildman–Crippen LogP) is 5.73. The van der Waals surface area contributed by atoms with Crippen LogP contribution in [0.1, 0.15) is 61.1 Å². The molecule has 0 amide bonds. The van der Waals surface area contributed by atoms with Gasteiger partial charge in [-0.1, -0.05) is 49.4 Å². The molecule has 0 radical (unpaired) electrons. The van der Waals surface area contributed by atoms with Crippen LogP contribution in [0.3, 0.4) is 0 Å². The van der Waals surface area contributed by atoms with Crippen LogP contribution in [0, 0.1) is 0 Å². The highest BCUT2D eigenvalue weighted by Gasteiger charge is 2.33. The van der Waals surface area contributed by atoms with Crippen LogP contribution in [0.2, 0.25) is 0 Å². The van der Waals surface area contributed by atoms with Gasteiger partial charge < -0.3 is 4.98 Å². The summed E-state index contributed by atoms with van der Waals surface area (Å²) in [5.41, 5.74) is 3.48. The van der Waals surface area contributed by atoms with Crippen LogP contribution >= 0.6 is 11.3 Å². The topological polar surface area (TPSA) is 79.7 Å². The monoisotopic (exact) mass is 526 g/mol. The zero-order valence-corrected chi connectivity index (χ0v) is 23.2. The summed E-state index contributed by atoms with van der Waals surface area (Å²) in [6.45, 7) is 9.79. The largest absolute Gasteiger partial charge is 0.322 e. The molecule has 196 valence electrons. The molecule has 0 spiro atoms. The highest BCUT2D eigenvalue weighted by molar-refractivity contribution is 7.09. The van der Waals surface area contributed by atoms with Crippen LogP contribution in [0.5, 0.6) is 0 Å². The van der Waals surface area contributed by atoms with E-state index >= 15 is 0 Å². The van der Waals surface area contributed by atoms with E-state index in [1.54, 1.807) is 11.3 Å². The molecular formula is C30H34N6OS. The molecule has 8 heteroatoms. The summed E-state index contributed by atoms with van der Waals surface area (Å²) in [5.74, 6) is 0.665. The number of pyridine rings is 1. The SMILES string of the molecule is CCc1ccc2[nH]c(=O)c(C(c3nnnn3C(C)(C)C)N(CCc3ccccc3)Cc3cccs3)cc2c1. The fourth-order valence-corrected chi connectivity index (χ4v) is 5.59. The summed E-state index contributed by atoms with van der Waals surface area (Å²) in [6.07, 6.45) is 1.77. The number of nitrogens with one attached hydrogen (secondary N) is 1. The minimum absolute atomic E-state index is 0.119. The average molecular weight is 527 g/mol. The minimum Gasteiger partial charge on any atom is -0.322 e. The standard InChI is InChI=1S/C30H34N6OS/c1-5-21-13-14-26-23(18-21)19-25(29(37)31-26)27(28-32-33-34-36(28)30(2,3)4)35(20-24-12-9-17-38-24)16-15-22-10-7-6-8-11-22/h6-14,17-19,27H,5,15-16,20H2,1-4H3,(H,31,37). The molecular weight excluding hydrogens is 492 g/mol. The number of hydrogen-bond donors (Lipinski definition) is 1. The van der Waals surface area contributed by atoms with E-state index in [0.717, 1.165) is 30.3 Å². The number of aryl methyl sites for hydroxylation is 1. The number of fused-ring (bicyclic) bond motifs is 1. The first kappa shape index (κ1) is 26.0. The van der Waals surface area contributed by atoms with Crippen molar-refractivity contribution in [3.05, 3.63) is 110 Å². The molecule has 1 N–H and O–H groups in total. The van der Waals surface area contributed by atoms with Crippen molar-refractivity contribution in [1.82, 2.24) is 30.1 Å². The second-order valence-electron chi connectivity index (χ2n) is 10.6. The lowest BCUT2D eigenvalue weighted by molar-refractivity contribution is 0.196. The third-order valence-corrected chi connectivity index (χ3v) is 7.71. The Hall–Kier alpha value is -3.62. The van der Waals surface area contributed by atoms with Crippen LogP contribution in [0.4, 0.5) is 0 Å². The van der Waals surface area contributed by atoms with Crippen molar-refractivity contribution in [3.63, 3.8) is 0 Å². The van der Waals surface area contributed by atoms with Gasteiger partial charge in [0.2, 0.25) is 0 Å². The van der Waals surface area contributed by atoms with Crippen molar-refractivity contribution in [3.8, 4) is 0 Å². The van der Waals surface area contributed by atoms with Crippen molar-refractivity contribution in [2.45, 2.75) is 58.7 Å². The Morgan fingerprint density at radius 1 is 1.03 bits per heavy atom. The maximum absolute atomic E-state index is 13.7. The molecule has 1 atom stereocenters. The number of H-pyrrole nitrogens is 1. The van der Waals surface area contributed by atoms with Gasteiger partial charge in [-0.25, -0.2) is 4.68 Å². The molecule has 0 aliphatic heterocycles. The normalized spacial score (nSPS) is 12.9. The molecule has 1 unspecified atom stereocenters. The van der Waals surface area contributed by atoms with E-state index in [4.69, 9.17) is 0 Å². The molecule has 3 heterocycles. The van der Waals surface area contributed by atoms with Crippen LogP contribution in [0.25, 0.3) is 10.9 Å². The first-order chi connectivity index (χ1) is 18.3. The van der Waals surface area contributed by atoms with Crippen molar-refractivity contribution in [1.29, 1.82) is 0 Å². The summed E-state index contributed by atoms with van der Waals surface area (Å²) in [6, 6.07) is 22.5. The molecule has 0 fully saturated rings. The van der Waals surface area contributed by atoms with Gasteiger partial charge in [-0.3, -0.25) is 9.69 Å². The Kier molecular flexibility index (Phi) is 7.53. The molecule has 3 aromatic heterocycles. The molecule has 0 saturated carbocycles. The Morgan fingerprint density at radius 3 is 2.55 bits per heavy atom. The number of aromatic amines is 1. The number of hydrogen-bond acceptors (Lipinski definition) is 6.